The van der Waals surface area contributed by atoms with E-state index in [1.165, 1.54) is 4.31 Å². The number of benzene rings is 1. The van der Waals surface area contributed by atoms with Crippen molar-refractivity contribution in [3.63, 3.8) is 0 Å². The number of nitrogen functional groups attached to an aromatic ring is 1. The van der Waals surface area contributed by atoms with Crippen molar-refractivity contribution in [2.45, 2.75) is 30.8 Å². The Bertz CT molecular complexity index is 581. The molecule has 0 saturated carbocycles. The van der Waals surface area contributed by atoms with Gasteiger partial charge in [0.15, 0.2) is 0 Å². The smallest absolute Gasteiger partial charge is 0.243 e. The van der Waals surface area contributed by atoms with Gasteiger partial charge in [0, 0.05) is 23.2 Å². The van der Waals surface area contributed by atoms with Crippen LogP contribution in [-0.2, 0) is 10.0 Å². The summed E-state index contributed by atoms with van der Waals surface area (Å²) in [5.41, 5.74) is 6.83. The summed E-state index contributed by atoms with van der Waals surface area (Å²) in [5.74, 6) is 0. The van der Waals surface area contributed by atoms with Gasteiger partial charge in [-0.3, -0.25) is 0 Å². The molecule has 5 nitrogen and oxygen atoms in total. The first kappa shape index (κ1) is 14.8. The van der Waals surface area contributed by atoms with Gasteiger partial charge in [0.2, 0.25) is 10.0 Å². The first-order chi connectivity index (χ1) is 8.82. The Morgan fingerprint density at radius 2 is 1.95 bits per heavy atom. The first-order valence-electron chi connectivity index (χ1n) is 6.06. The van der Waals surface area contributed by atoms with Gasteiger partial charge in [0.1, 0.15) is 0 Å². The highest BCUT2D eigenvalue weighted by Crippen LogP contribution is 2.29. The molecule has 0 amide bonds. The minimum absolute atomic E-state index is 0.232. The van der Waals surface area contributed by atoms with Crippen LogP contribution in [-0.4, -0.2) is 37.0 Å². The van der Waals surface area contributed by atoms with Crippen LogP contribution in [0.4, 0.5) is 5.69 Å². The van der Waals surface area contributed by atoms with Crippen molar-refractivity contribution in [1.29, 1.82) is 0 Å². The van der Waals surface area contributed by atoms with E-state index in [-0.39, 0.29) is 4.90 Å². The number of hydrogen-bond donors (Lipinski definition) is 2. The molecule has 0 unspecified atom stereocenters. The zero-order valence-electron chi connectivity index (χ0n) is 10.6. The van der Waals surface area contributed by atoms with Gasteiger partial charge < -0.3 is 10.8 Å². The molecular weight excluding hydrogens is 332 g/mol. The summed E-state index contributed by atoms with van der Waals surface area (Å²) in [6.45, 7) is 2.39. The van der Waals surface area contributed by atoms with Crippen LogP contribution in [0.1, 0.15) is 18.4 Å². The summed E-state index contributed by atoms with van der Waals surface area (Å²) in [6, 6.07) is 3.26. The summed E-state index contributed by atoms with van der Waals surface area (Å²) in [6.07, 6.45) is 0.545. The van der Waals surface area contributed by atoms with E-state index >= 15 is 0 Å². The zero-order chi connectivity index (χ0) is 14.2. The number of halogens is 1. The van der Waals surface area contributed by atoms with Gasteiger partial charge in [-0.15, -0.1) is 0 Å². The number of aliphatic hydroxyl groups is 1. The lowest BCUT2D eigenvalue weighted by molar-refractivity contribution is 0.113. The summed E-state index contributed by atoms with van der Waals surface area (Å²) >= 11 is 3.27. The Balaban J connectivity index is 2.40. The first-order valence-corrected chi connectivity index (χ1v) is 8.29. The van der Waals surface area contributed by atoms with Gasteiger partial charge in [0.05, 0.1) is 11.0 Å². The van der Waals surface area contributed by atoms with E-state index in [1.807, 2.05) is 0 Å². The molecule has 1 aromatic carbocycles. The molecule has 1 heterocycles. The summed E-state index contributed by atoms with van der Waals surface area (Å²) < 4.78 is 27.2. The average molecular weight is 349 g/mol. The molecule has 1 aliphatic rings. The average Bonchev–Trinajstić information content (AvgIpc) is 2.34. The summed E-state index contributed by atoms with van der Waals surface area (Å²) in [7, 11) is -3.55. The molecule has 1 aromatic rings. The lowest BCUT2D eigenvalue weighted by Crippen LogP contribution is -2.40. The van der Waals surface area contributed by atoms with Crippen molar-refractivity contribution in [3.8, 4) is 0 Å². The standard InChI is InChI=1S/C12H17BrN2O3S/c1-8-11(14)6-9(13)7-12(8)19(17,18)15-4-2-10(16)3-5-15/h6-7,10,16H,2-5,14H2,1H3. The number of piperidine rings is 1. The SMILES string of the molecule is Cc1c(N)cc(Br)cc1S(=O)(=O)N1CCC(O)CC1. The van der Waals surface area contributed by atoms with Gasteiger partial charge in [-0.05, 0) is 37.5 Å². The van der Waals surface area contributed by atoms with E-state index in [1.54, 1.807) is 19.1 Å². The van der Waals surface area contributed by atoms with Crippen molar-refractivity contribution >= 4 is 31.6 Å². The largest absolute Gasteiger partial charge is 0.398 e. The Hall–Kier alpha value is -0.630. The van der Waals surface area contributed by atoms with Crippen molar-refractivity contribution in [2.75, 3.05) is 18.8 Å². The Labute approximate surface area is 121 Å². The van der Waals surface area contributed by atoms with Gasteiger partial charge >= 0.3 is 0 Å². The van der Waals surface area contributed by atoms with Crippen molar-refractivity contribution in [2.24, 2.45) is 0 Å². The number of anilines is 1. The van der Waals surface area contributed by atoms with Crippen LogP contribution in [0.15, 0.2) is 21.5 Å². The molecule has 2 rings (SSSR count). The predicted molar refractivity (Wildman–Crippen MR) is 77.3 cm³/mol. The third-order valence-corrected chi connectivity index (χ3v) is 5.89. The number of sulfonamides is 1. The van der Waals surface area contributed by atoms with Crippen LogP contribution in [0.2, 0.25) is 0 Å². The monoisotopic (exact) mass is 348 g/mol. The topological polar surface area (TPSA) is 83.6 Å². The molecule has 1 fully saturated rings. The van der Waals surface area contributed by atoms with Crippen LogP contribution in [0.5, 0.6) is 0 Å². The molecular formula is C12H17BrN2O3S. The Morgan fingerprint density at radius 1 is 1.37 bits per heavy atom. The van der Waals surface area contributed by atoms with Crippen molar-refractivity contribution < 1.29 is 13.5 Å². The zero-order valence-corrected chi connectivity index (χ0v) is 13.0. The van der Waals surface area contributed by atoms with E-state index < -0.39 is 16.1 Å². The molecule has 1 saturated heterocycles. The lowest BCUT2D eigenvalue weighted by atomic mass is 10.1. The van der Waals surface area contributed by atoms with Crippen molar-refractivity contribution in [3.05, 3.63) is 22.2 Å². The molecule has 0 spiro atoms. The van der Waals surface area contributed by atoms with Crippen LogP contribution < -0.4 is 5.73 Å². The minimum atomic E-state index is -3.55. The van der Waals surface area contributed by atoms with Crippen LogP contribution in [0.3, 0.4) is 0 Å². The second kappa shape index (κ2) is 5.40. The Kier molecular flexibility index (Phi) is 4.20. The number of rotatable bonds is 2. The molecule has 0 radical (unpaired) electrons. The van der Waals surface area contributed by atoms with Crippen molar-refractivity contribution in [1.82, 2.24) is 4.31 Å². The maximum atomic E-state index is 12.6. The van der Waals surface area contributed by atoms with E-state index in [0.29, 0.717) is 41.7 Å². The highest BCUT2D eigenvalue weighted by Gasteiger charge is 2.30. The van der Waals surface area contributed by atoms with Gasteiger partial charge in [0.25, 0.3) is 0 Å². The Morgan fingerprint density at radius 3 is 2.53 bits per heavy atom. The van der Waals surface area contributed by atoms with E-state index in [2.05, 4.69) is 15.9 Å². The summed E-state index contributed by atoms with van der Waals surface area (Å²) in [5, 5.41) is 9.46. The maximum absolute atomic E-state index is 12.6. The lowest BCUT2D eigenvalue weighted by Gasteiger charge is -2.29. The molecule has 0 atom stereocenters. The van der Waals surface area contributed by atoms with Crippen LogP contribution in [0, 0.1) is 6.92 Å². The van der Waals surface area contributed by atoms with E-state index in [9.17, 15) is 13.5 Å². The fraction of sp³-hybridized carbons (Fsp3) is 0.500. The number of hydrogen-bond acceptors (Lipinski definition) is 4. The number of nitrogens with two attached hydrogens (primary N) is 1. The van der Waals surface area contributed by atoms with Crippen LogP contribution in [0.25, 0.3) is 0 Å². The highest BCUT2D eigenvalue weighted by molar-refractivity contribution is 9.10. The van der Waals surface area contributed by atoms with E-state index in [4.69, 9.17) is 5.73 Å². The number of aliphatic hydroxyl groups excluding tert-OH is 1. The molecule has 0 aliphatic carbocycles. The third-order valence-electron chi connectivity index (χ3n) is 3.41. The molecule has 3 N–H and O–H groups in total. The normalized spacial score (nSPS) is 18.7. The third kappa shape index (κ3) is 2.94. The van der Waals surface area contributed by atoms with Crippen LogP contribution >= 0.6 is 15.9 Å². The fourth-order valence-electron chi connectivity index (χ4n) is 2.16. The summed E-state index contributed by atoms with van der Waals surface area (Å²) in [4.78, 5) is 0.232. The molecule has 1 aliphatic heterocycles. The molecule has 106 valence electrons. The van der Waals surface area contributed by atoms with Gasteiger partial charge in [-0.1, -0.05) is 15.9 Å². The predicted octanol–water partition coefficient (Wildman–Crippen LogP) is 1.49. The van der Waals surface area contributed by atoms with Gasteiger partial charge in [-0.25, -0.2) is 8.42 Å². The second-order valence-electron chi connectivity index (χ2n) is 4.75. The maximum Gasteiger partial charge on any atom is 0.243 e. The molecule has 19 heavy (non-hydrogen) atoms. The molecule has 0 aromatic heterocycles. The minimum Gasteiger partial charge on any atom is -0.398 e. The second-order valence-corrected chi connectivity index (χ2v) is 7.58. The van der Waals surface area contributed by atoms with Gasteiger partial charge in [-0.2, -0.15) is 4.31 Å². The molecule has 7 heteroatoms. The molecule has 0 bridgehead atoms. The quantitative estimate of drug-likeness (QED) is 0.793. The van der Waals surface area contributed by atoms with E-state index in [0.717, 1.165) is 0 Å². The number of nitrogens with zero attached hydrogens (tertiary/aromatic N) is 1. The fourth-order valence-corrected chi connectivity index (χ4v) is 4.54. The highest BCUT2D eigenvalue weighted by atomic mass is 79.9.